The molecule has 2 heterocycles. The van der Waals surface area contributed by atoms with Crippen molar-refractivity contribution < 1.29 is 4.79 Å². The molecule has 0 unspecified atom stereocenters. The topological polar surface area (TPSA) is 59.0 Å². The van der Waals surface area contributed by atoms with Crippen molar-refractivity contribution in [2.24, 2.45) is 0 Å². The molecule has 1 fully saturated rings. The zero-order valence-corrected chi connectivity index (χ0v) is 12.5. The van der Waals surface area contributed by atoms with Crippen molar-refractivity contribution in [1.29, 1.82) is 0 Å². The molecule has 0 atom stereocenters. The van der Waals surface area contributed by atoms with E-state index < -0.39 is 0 Å². The Morgan fingerprint density at radius 2 is 1.73 bits per heavy atom. The van der Waals surface area contributed by atoms with E-state index in [2.05, 4.69) is 15.7 Å². The number of hydrogen-bond donors (Lipinski definition) is 2. The Morgan fingerprint density at radius 1 is 1.00 bits per heavy atom. The van der Waals surface area contributed by atoms with Gasteiger partial charge in [0.05, 0.1) is 11.9 Å². The Bertz CT molecular complexity index is 684. The Balaban J connectivity index is 1.76. The molecule has 4 rings (SSSR count). The highest BCUT2D eigenvalue weighted by Gasteiger charge is 2.39. The molecule has 2 aliphatic rings. The maximum absolute atomic E-state index is 12.5. The molecule has 1 aromatic heterocycles. The molecule has 5 heteroatoms. The summed E-state index contributed by atoms with van der Waals surface area (Å²) in [4.78, 5) is 12.5. The number of aromatic nitrogens is 2. The molecule has 2 aromatic rings. The van der Waals surface area contributed by atoms with Gasteiger partial charge in [-0.2, -0.15) is 5.10 Å². The SMILES string of the molecule is O=C1NC2(CCCCCC2)Nc2c1cnn2-c1ccccc1. The number of fused-ring (bicyclic) bond motifs is 1. The van der Waals surface area contributed by atoms with Crippen molar-refractivity contribution >= 4 is 11.7 Å². The summed E-state index contributed by atoms with van der Waals surface area (Å²) < 4.78 is 1.83. The minimum atomic E-state index is -0.312. The molecule has 0 bridgehead atoms. The fourth-order valence-electron chi connectivity index (χ4n) is 3.52. The number of carbonyl (C=O) groups excluding carboxylic acids is 1. The van der Waals surface area contributed by atoms with Gasteiger partial charge in [0.1, 0.15) is 17.0 Å². The highest BCUT2D eigenvalue weighted by Crippen LogP contribution is 2.34. The van der Waals surface area contributed by atoms with E-state index in [4.69, 9.17) is 0 Å². The summed E-state index contributed by atoms with van der Waals surface area (Å²) in [7, 11) is 0. The highest BCUT2D eigenvalue weighted by atomic mass is 16.2. The minimum absolute atomic E-state index is 0.0159. The maximum Gasteiger partial charge on any atom is 0.258 e. The number of para-hydroxylation sites is 1. The fraction of sp³-hybridized carbons (Fsp3) is 0.412. The summed E-state index contributed by atoms with van der Waals surface area (Å²) in [6, 6.07) is 9.94. The lowest BCUT2D eigenvalue weighted by molar-refractivity contribution is 0.0891. The molecule has 1 spiro atoms. The molecular weight excluding hydrogens is 276 g/mol. The first-order valence-electron chi connectivity index (χ1n) is 8.02. The number of benzene rings is 1. The van der Waals surface area contributed by atoms with Gasteiger partial charge < -0.3 is 10.6 Å². The average molecular weight is 296 g/mol. The number of rotatable bonds is 1. The minimum Gasteiger partial charge on any atom is -0.347 e. The maximum atomic E-state index is 12.5. The van der Waals surface area contributed by atoms with E-state index in [1.54, 1.807) is 6.20 Å². The Labute approximate surface area is 129 Å². The Hall–Kier alpha value is -2.30. The second-order valence-electron chi connectivity index (χ2n) is 6.23. The second-order valence-corrected chi connectivity index (χ2v) is 6.23. The van der Waals surface area contributed by atoms with Crippen molar-refractivity contribution in [2.75, 3.05) is 5.32 Å². The zero-order chi connectivity index (χ0) is 15.0. The van der Waals surface area contributed by atoms with Crippen molar-refractivity contribution in [3.63, 3.8) is 0 Å². The first-order chi connectivity index (χ1) is 10.8. The van der Waals surface area contributed by atoms with Gasteiger partial charge in [0.25, 0.3) is 5.91 Å². The highest BCUT2D eigenvalue weighted by molar-refractivity contribution is 6.01. The number of amides is 1. The third-order valence-corrected chi connectivity index (χ3v) is 4.68. The van der Waals surface area contributed by atoms with Gasteiger partial charge in [-0.25, -0.2) is 4.68 Å². The van der Waals surface area contributed by atoms with Crippen LogP contribution in [0.15, 0.2) is 36.5 Å². The molecule has 1 amide bonds. The van der Waals surface area contributed by atoms with Crippen LogP contribution in [0.3, 0.4) is 0 Å². The van der Waals surface area contributed by atoms with Crippen molar-refractivity contribution in [3.8, 4) is 5.69 Å². The standard InChI is InChI=1S/C17H20N4O/c22-16-14-12-18-21(13-8-4-3-5-9-13)15(14)19-17(20-16)10-6-1-2-7-11-17/h3-5,8-9,12,19H,1-2,6-7,10-11H2,(H,20,22). The zero-order valence-electron chi connectivity index (χ0n) is 12.5. The summed E-state index contributed by atoms with van der Waals surface area (Å²) >= 11 is 0. The van der Waals surface area contributed by atoms with Crippen molar-refractivity contribution in [3.05, 3.63) is 42.1 Å². The van der Waals surface area contributed by atoms with Crippen LogP contribution < -0.4 is 10.6 Å². The molecule has 22 heavy (non-hydrogen) atoms. The lowest BCUT2D eigenvalue weighted by Crippen LogP contribution is -2.57. The monoisotopic (exact) mass is 296 g/mol. The largest absolute Gasteiger partial charge is 0.347 e. The second kappa shape index (κ2) is 5.16. The van der Waals surface area contributed by atoms with E-state index in [1.807, 2.05) is 35.0 Å². The summed E-state index contributed by atoms with van der Waals surface area (Å²) in [5, 5.41) is 11.2. The van der Waals surface area contributed by atoms with Gasteiger partial charge in [-0.15, -0.1) is 0 Å². The number of hydrogen-bond acceptors (Lipinski definition) is 3. The van der Waals surface area contributed by atoms with Gasteiger partial charge >= 0.3 is 0 Å². The number of anilines is 1. The lowest BCUT2D eigenvalue weighted by Gasteiger charge is -2.39. The quantitative estimate of drug-likeness (QED) is 0.850. The van der Waals surface area contributed by atoms with Crippen molar-refractivity contribution in [1.82, 2.24) is 15.1 Å². The van der Waals surface area contributed by atoms with E-state index >= 15 is 0 Å². The van der Waals surface area contributed by atoms with E-state index in [-0.39, 0.29) is 11.6 Å². The third kappa shape index (κ3) is 2.17. The van der Waals surface area contributed by atoms with Crippen LogP contribution >= 0.6 is 0 Å². The van der Waals surface area contributed by atoms with Gasteiger partial charge in [-0.3, -0.25) is 4.79 Å². The first kappa shape index (κ1) is 13.4. The Kier molecular flexibility index (Phi) is 3.13. The van der Waals surface area contributed by atoms with Gasteiger partial charge in [0, 0.05) is 0 Å². The molecule has 1 aliphatic heterocycles. The van der Waals surface area contributed by atoms with Gasteiger partial charge in [-0.05, 0) is 37.8 Å². The van der Waals surface area contributed by atoms with Crippen LogP contribution in [0, 0.1) is 0 Å². The lowest BCUT2D eigenvalue weighted by atomic mass is 9.97. The molecule has 1 saturated carbocycles. The van der Waals surface area contributed by atoms with Gasteiger partial charge in [0.2, 0.25) is 0 Å². The van der Waals surface area contributed by atoms with Crippen molar-refractivity contribution in [2.45, 2.75) is 44.2 Å². The van der Waals surface area contributed by atoms with E-state index in [0.717, 1.165) is 37.2 Å². The van der Waals surface area contributed by atoms with E-state index in [0.29, 0.717) is 5.56 Å². The molecule has 1 aromatic carbocycles. The van der Waals surface area contributed by atoms with Gasteiger partial charge in [-0.1, -0.05) is 31.0 Å². The summed E-state index contributed by atoms with van der Waals surface area (Å²) in [6.07, 6.45) is 8.35. The molecule has 1 aliphatic carbocycles. The van der Waals surface area contributed by atoms with Crippen LogP contribution in [0.25, 0.3) is 5.69 Å². The van der Waals surface area contributed by atoms with Crippen LogP contribution in [0.1, 0.15) is 48.9 Å². The number of nitrogens with zero attached hydrogens (tertiary/aromatic N) is 2. The van der Waals surface area contributed by atoms with E-state index in [9.17, 15) is 4.79 Å². The molecule has 0 radical (unpaired) electrons. The number of carbonyl (C=O) groups is 1. The Morgan fingerprint density at radius 3 is 2.45 bits per heavy atom. The summed E-state index contributed by atoms with van der Waals surface area (Å²) in [6.45, 7) is 0. The van der Waals surface area contributed by atoms with Crippen LogP contribution in [0.4, 0.5) is 5.82 Å². The fourth-order valence-corrected chi connectivity index (χ4v) is 3.52. The predicted octanol–water partition coefficient (Wildman–Crippen LogP) is 3.08. The first-order valence-corrected chi connectivity index (χ1v) is 8.02. The van der Waals surface area contributed by atoms with Crippen LogP contribution in [-0.2, 0) is 0 Å². The number of nitrogens with one attached hydrogen (secondary N) is 2. The van der Waals surface area contributed by atoms with Crippen LogP contribution in [0.5, 0.6) is 0 Å². The predicted molar refractivity (Wildman–Crippen MR) is 85.1 cm³/mol. The average Bonchev–Trinajstić information content (AvgIpc) is 2.83. The molecular formula is C17H20N4O. The summed E-state index contributed by atoms with van der Waals surface area (Å²) in [5.74, 6) is 0.801. The summed E-state index contributed by atoms with van der Waals surface area (Å²) in [5.41, 5.74) is 1.28. The molecule has 0 saturated heterocycles. The smallest absolute Gasteiger partial charge is 0.258 e. The molecule has 2 N–H and O–H groups in total. The van der Waals surface area contributed by atoms with Gasteiger partial charge in [0.15, 0.2) is 0 Å². The van der Waals surface area contributed by atoms with Crippen LogP contribution in [-0.4, -0.2) is 21.4 Å². The molecule has 114 valence electrons. The molecule has 5 nitrogen and oxygen atoms in total. The normalized spacial score (nSPS) is 19.9. The van der Waals surface area contributed by atoms with E-state index in [1.165, 1.54) is 12.8 Å². The third-order valence-electron chi connectivity index (χ3n) is 4.68. The van der Waals surface area contributed by atoms with Crippen LogP contribution in [0.2, 0.25) is 0 Å².